The molecule has 0 aliphatic heterocycles. The van der Waals surface area contributed by atoms with Crippen LogP contribution < -0.4 is 14.2 Å². The van der Waals surface area contributed by atoms with Crippen molar-refractivity contribution in [1.29, 1.82) is 0 Å². The number of imidazole rings is 1. The van der Waals surface area contributed by atoms with Crippen LogP contribution in [0.25, 0.3) is 28.0 Å². The second-order valence-corrected chi connectivity index (χ2v) is 7.54. The SMILES string of the molecule is COc1ncc(-c2ccn3c(-c4cc(OC)c(C(=O)CCC(F)(F)F)c(OC)c4)cnc3c2)cn1. The lowest BCUT2D eigenvalue weighted by molar-refractivity contribution is -0.133. The lowest BCUT2D eigenvalue weighted by Crippen LogP contribution is -2.12. The number of aromatic nitrogens is 4. The lowest BCUT2D eigenvalue weighted by atomic mass is 10.0. The number of alkyl halides is 3. The lowest BCUT2D eigenvalue weighted by Gasteiger charge is -2.15. The molecule has 0 N–H and O–H groups in total. The first-order chi connectivity index (χ1) is 16.7. The maximum Gasteiger partial charge on any atom is 0.389 e. The minimum Gasteiger partial charge on any atom is -0.496 e. The fourth-order valence-corrected chi connectivity index (χ4v) is 3.66. The minimum atomic E-state index is -4.44. The van der Waals surface area contributed by atoms with Crippen LogP contribution in [0, 0.1) is 0 Å². The van der Waals surface area contributed by atoms with Gasteiger partial charge in [0.05, 0.1) is 39.6 Å². The largest absolute Gasteiger partial charge is 0.496 e. The van der Waals surface area contributed by atoms with Gasteiger partial charge in [-0.2, -0.15) is 13.2 Å². The normalized spacial score (nSPS) is 11.5. The van der Waals surface area contributed by atoms with Crippen LogP contribution in [0.15, 0.2) is 49.1 Å². The summed E-state index contributed by atoms with van der Waals surface area (Å²) in [4.78, 5) is 25.3. The molecular weight excluding hydrogens is 465 g/mol. The van der Waals surface area contributed by atoms with Gasteiger partial charge in [-0.25, -0.2) is 15.0 Å². The maximum absolute atomic E-state index is 12.6. The van der Waals surface area contributed by atoms with Gasteiger partial charge in [-0.15, -0.1) is 0 Å². The number of Topliss-reactive ketones (excluding diaryl/α,β-unsaturated/α-hetero) is 1. The highest BCUT2D eigenvalue weighted by atomic mass is 19.4. The van der Waals surface area contributed by atoms with Crippen molar-refractivity contribution >= 4 is 11.4 Å². The summed E-state index contributed by atoms with van der Waals surface area (Å²) >= 11 is 0. The summed E-state index contributed by atoms with van der Waals surface area (Å²) in [5.41, 5.74) is 3.51. The Hall–Kier alpha value is -4.15. The summed E-state index contributed by atoms with van der Waals surface area (Å²) in [6, 6.07) is 7.15. The third-order valence-electron chi connectivity index (χ3n) is 5.37. The number of nitrogens with zero attached hydrogens (tertiary/aromatic N) is 4. The van der Waals surface area contributed by atoms with E-state index in [0.717, 1.165) is 11.1 Å². The van der Waals surface area contributed by atoms with Crippen LogP contribution in [0.2, 0.25) is 0 Å². The van der Waals surface area contributed by atoms with E-state index in [1.165, 1.54) is 21.3 Å². The number of rotatable bonds is 8. The number of fused-ring (bicyclic) bond motifs is 1. The van der Waals surface area contributed by atoms with Crippen LogP contribution in [0.5, 0.6) is 17.5 Å². The van der Waals surface area contributed by atoms with E-state index in [2.05, 4.69) is 15.0 Å². The van der Waals surface area contributed by atoms with Gasteiger partial charge in [-0.3, -0.25) is 9.20 Å². The first kappa shape index (κ1) is 24.0. The van der Waals surface area contributed by atoms with E-state index in [-0.39, 0.29) is 23.1 Å². The molecule has 0 spiro atoms. The molecule has 182 valence electrons. The molecule has 4 aromatic rings. The molecule has 0 unspecified atom stereocenters. The Morgan fingerprint density at radius 1 is 0.886 bits per heavy atom. The van der Waals surface area contributed by atoms with Gasteiger partial charge in [0.15, 0.2) is 5.78 Å². The highest BCUT2D eigenvalue weighted by Crippen LogP contribution is 2.37. The number of halogens is 3. The van der Waals surface area contributed by atoms with Crippen molar-refractivity contribution in [1.82, 2.24) is 19.4 Å². The summed E-state index contributed by atoms with van der Waals surface area (Å²) in [6.07, 6.45) is 0.375. The van der Waals surface area contributed by atoms with E-state index < -0.39 is 24.8 Å². The van der Waals surface area contributed by atoms with Gasteiger partial charge < -0.3 is 14.2 Å². The molecule has 0 bridgehead atoms. The Labute approximate surface area is 198 Å². The van der Waals surface area contributed by atoms with Crippen molar-refractivity contribution in [3.8, 4) is 39.9 Å². The second kappa shape index (κ2) is 9.61. The molecule has 0 fully saturated rings. The van der Waals surface area contributed by atoms with Crippen LogP contribution in [-0.4, -0.2) is 52.6 Å². The maximum atomic E-state index is 12.6. The predicted molar refractivity (Wildman–Crippen MR) is 121 cm³/mol. The molecule has 3 heterocycles. The average Bonchev–Trinajstić information content (AvgIpc) is 3.29. The smallest absolute Gasteiger partial charge is 0.389 e. The van der Waals surface area contributed by atoms with Gasteiger partial charge in [0.1, 0.15) is 22.7 Å². The fraction of sp³-hybridized carbons (Fsp3) is 0.250. The van der Waals surface area contributed by atoms with E-state index in [0.29, 0.717) is 16.9 Å². The highest BCUT2D eigenvalue weighted by molar-refractivity contribution is 6.02. The molecule has 0 atom stereocenters. The van der Waals surface area contributed by atoms with Crippen LogP contribution in [0.1, 0.15) is 23.2 Å². The van der Waals surface area contributed by atoms with Gasteiger partial charge in [-0.1, -0.05) is 0 Å². The van der Waals surface area contributed by atoms with E-state index in [4.69, 9.17) is 14.2 Å². The summed E-state index contributed by atoms with van der Waals surface area (Å²) in [5.74, 6) is -0.478. The molecule has 0 saturated heterocycles. The summed E-state index contributed by atoms with van der Waals surface area (Å²) in [6.45, 7) is 0. The number of ketones is 1. The molecule has 0 amide bonds. The van der Waals surface area contributed by atoms with Gasteiger partial charge in [0.2, 0.25) is 0 Å². The van der Waals surface area contributed by atoms with Crippen LogP contribution in [0.4, 0.5) is 13.2 Å². The molecule has 35 heavy (non-hydrogen) atoms. The number of methoxy groups -OCH3 is 3. The Morgan fingerprint density at radius 2 is 1.54 bits per heavy atom. The monoisotopic (exact) mass is 486 g/mol. The van der Waals surface area contributed by atoms with Gasteiger partial charge in [0.25, 0.3) is 0 Å². The predicted octanol–water partition coefficient (Wildman–Crippen LogP) is 5.01. The molecular formula is C24H21F3N4O4. The molecule has 11 heteroatoms. The Bertz CT molecular complexity index is 1340. The van der Waals surface area contributed by atoms with Crippen LogP contribution in [0.3, 0.4) is 0 Å². The van der Waals surface area contributed by atoms with Crippen molar-refractivity contribution in [2.75, 3.05) is 21.3 Å². The second-order valence-electron chi connectivity index (χ2n) is 7.54. The zero-order valence-electron chi connectivity index (χ0n) is 19.1. The molecule has 8 nitrogen and oxygen atoms in total. The van der Waals surface area contributed by atoms with Gasteiger partial charge in [0, 0.05) is 36.1 Å². The molecule has 4 rings (SSSR count). The van der Waals surface area contributed by atoms with E-state index in [1.807, 2.05) is 22.7 Å². The molecule has 0 aliphatic carbocycles. The van der Waals surface area contributed by atoms with Crippen molar-refractivity contribution in [3.63, 3.8) is 0 Å². The Kier molecular flexibility index (Phi) is 6.59. The number of ether oxygens (including phenoxy) is 3. The van der Waals surface area contributed by atoms with Crippen molar-refractivity contribution in [2.45, 2.75) is 19.0 Å². The topological polar surface area (TPSA) is 87.8 Å². The molecule has 1 aromatic carbocycles. The number of benzene rings is 1. The number of hydrogen-bond donors (Lipinski definition) is 0. The number of carbonyl (C=O) groups excluding carboxylic acids is 1. The van der Waals surface area contributed by atoms with Crippen LogP contribution in [-0.2, 0) is 0 Å². The van der Waals surface area contributed by atoms with Crippen LogP contribution >= 0.6 is 0 Å². The summed E-state index contributed by atoms with van der Waals surface area (Å²) in [7, 11) is 4.18. The molecule has 3 aromatic heterocycles. The van der Waals surface area contributed by atoms with E-state index in [1.54, 1.807) is 30.7 Å². The third-order valence-corrected chi connectivity index (χ3v) is 5.37. The zero-order chi connectivity index (χ0) is 25.2. The average molecular weight is 486 g/mol. The molecule has 0 saturated carbocycles. The fourth-order valence-electron chi connectivity index (χ4n) is 3.66. The van der Waals surface area contributed by atoms with Crippen molar-refractivity contribution in [3.05, 3.63) is 54.6 Å². The van der Waals surface area contributed by atoms with Crippen molar-refractivity contribution < 1.29 is 32.2 Å². The van der Waals surface area contributed by atoms with Gasteiger partial charge in [-0.05, 0) is 29.8 Å². The number of hydrogen-bond acceptors (Lipinski definition) is 7. The Balaban J connectivity index is 1.71. The first-order valence-electron chi connectivity index (χ1n) is 10.4. The third kappa shape index (κ3) is 5.03. The minimum absolute atomic E-state index is 0.0291. The van der Waals surface area contributed by atoms with Gasteiger partial charge >= 0.3 is 12.2 Å². The van der Waals surface area contributed by atoms with Crippen molar-refractivity contribution in [2.24, 2.45) is 0 Å². The van der Waals surface area contributed by atoms with E-state index >= 15 is 0 Å². The zero-order valence-corrected chi connectivity index (χ0v) is 19.1. The number of pyridine rings is 1. The summed E-state index contributed by atoms with van der Waals surface area (Å²) in [5, 5.41) is 0. The summed E-state index contributed by atoms with van der Waals surface area (Å²) < 4.78 is 55.4. The quantitative estimate of drug-likeness (QED) is 0.324. The number of carbonyl (C=O) groups is 1. The standard InChI is InChI=1S/C24H21F3N4O4/c1-33-19-8-15(9-20(34-2)22(19)18(32)4-6-24(25,26)27)17-13-28-21-10-14(5-7-31(17)21)16-11-29-23(35-3)30-12-16/h5,7-13H,4,6H2,1-3H3. The molecule has 0 radical (unpaired) electrons. The first-order valence-corrected chi connectivity index (χ1v) is 10.4. The van der Waals surface area contributed by atoms with E-state index in [9.17, 15) is 18.0 Å². The highest BCUT2D eigenvalue weighted by Gasteiger charge is 2.30. The molecule has 0 aliphatic rings. The Morgan fingerprint density at radius 3 is 2.11 bits per heavy atom.